The molecule has 8 nitrogen and oxygen atoms in total. The molecule has 0 fully saturated rings. The van der Waals surface area contributed by atoms with E-state index in [9.17, 15) is 4.79 Å². The van der Waals surface area contributed by atoms with Crippen LogP contribution in [0, 0.1) is 6.92 Å². The van der Waals surface area contributed by atoms with Crippen LogP contribution in [-0.4, -0.2) is 56.0 Å². The number of aromatic nitrogens is 4. The van der Waals surface area contributed by atoms with Gasteiger partial charge in [0, 0.05) is 6.54 Å². The van der Waals surface area contributed by atoms with Crippen LogP contribution in [0.5, 0.6) is 0 Å². The normalized spacial score (nSPS) is 13.7. The minimum absolute atomic E-state index is 0.0293. The zero-order valence-corrected chi connectivity index (χ0v) is 15.9. The van der Waals surface area contributed by atoms with Gasteiger partial charge in [-0.15, -0.1) is 0 Å². The summed E-state index contributed by atoms with van der Waals surface area (Å²) >= 11 is 0. The molecule has 27 heavy (non-hydrogen) atoms. The van der Waals surface area contributed by atoms with Crippen molar-refractivity contribution in [3.8, 4) is 17.2 Å². The fraction of sp³-hybridized carbons (Fsp3) is 0.368. The Hall–Kier alpha value is -3.00. The van der Waals surface area contributed by atoms with Crippen LogP contribution < -0.4 is 0 Å². The molecular formula is C19H22N6O2. The molecule has 1 aliphatic rings. The van der Waals surface area contributed by atoms with E-state index in [1.807, 2.05) is 60.5 Å². The molecule has 0 unspecified atom stereocenters. The molecule has 0 saturated heterocycles. The van der Waals surface area contributed by atoms with E-state index < -0.39 is 0 Å². The van der Waals surface area contributed by atoms with Crippen LogP contribution in [0.25, 0.3) is 17.2 Å². The zero-order valence-electron chi connectivity index (χ0n) is 15.9. The Morgan fingerprint density at radius 3 is 2.85 bits per heavy atom. The maximum Gasteiger partial charge on any atom is 0.256 e. The zero-order chi connectivity index (χ0) is 19.1. The first kappa shape index (κ1) is 17.4. The topological polar surface area (TPSA) is 80.3 Å². The minimum atomic E-state index is 0.0293. The highest BCUT2D eigenvalue weighted by Crippen LogP contribution is 2.31. The third-order valence-corrected chi connectivity index (χ3v) is 4.73. The van der Waals surface area contributed by atoms with Gasteiger partial charge in [-0.25, -0.2) is 4.98 Å². The van der Waals surface area contributed by atoms with Gasteiger partial charge in [0.1, 0.15) is 12.0 Å². The van der Waals surface area contributed by atoms with Gasteiger partial charge in [-0.2, -0.15) is 4.98 Å². The summed E-state index contributed by atoms with van der Waals surface area (Å²) < 4.78 is 7.32. The van der Waals surface area contributed by atoms with Crippen molar-refractivity contribution in [3.05, 3.63) is 47.2 Å². The van der Waals surface area contributed by atoms with Crippen molar-refractivity contribution in [2.75, 3.05) is 20.6 Å². The van der Waals surface area contributed by atoms with Crippen LogP contribution in [-0.2, 0) is 13.1 Å². The summed E-state index contributed by atoms with van der Waals surface area (Å²) in [6, 6.07) is 5.86. The van der Waals surface area contributed by atoms with Crippen molar-refractivity contribution in [1.82, 2.24) is 29.5 Å². The number of benzene rings is 1. The second-order valence-corrected chi connectivity index (χ2v) is 6.95. The number of hydrogen-bond acceptors (Lipinski definition) is 6. The second kappa shape index (κ2) is 6.62. The first-order chi connectivity index (χ1) is 13.0. The number of carbonyl (C=O) groups is 1. The lowest BCUT2D eigenvalue weighted by Gasteiger charge is -2.19. The van der Waals surface area contributed by atoms with E-state index in [1.165, 1.54) is 0 Å². The quantitative estimate of drug-likeness (QED) is 0.705. The molecule has 8 heteroatoms. The summed E-state index contributed by atoms with van der Waals surface area (Å²) in [6.45, 7) is 5.54. The molecular weight excluding hydrogens is 344 g/mol. The number of fused-ring (bicyclic) bond motifs is 3. The largest absolute Gasteiger partial charge is 0.337 e. The molecule has 0 radical (unpaired) electrons. The highest BCUT2D eigenvalue weighted by atomic mass is 16.5. The molecule has 1 amide bonds. The maximum atomic E-state index is 13.1. The highest BCUT2D eigenvalue weighted by molar-refractivity contribution is 6.00. The minimum Gasteiger partial charge on any atom is -0.337 e. The van der Waals surface area contributed by atoms with Crippen LogP contribution in [0.2, 0.25) is 0 Å². The average Bonchev–Trinajstić information content (AvgIpc) is 3.22. The van der Waals surface area contributed by atoms with E-state index in [4.69, 9.17) is 4.52 Å². The summed E-state index contributed by atoms with van der Waals surface area (Å²) in [5.74, 6) is 1.01. The van der Waals surface area contributed by atoms with E-state index in [0.29, 0.717) is 42.6 Å². The molecule has 1 aliphatic heterocycles. The molecule has 0 saturated carbocycles. The van der Waals surface area contributed by atoms with Crippen LogP contribution >= 0.6 is 0 Å². The van der Waals surface area contributed by atoms with E-state index in [0.717, 1.165) is 16.9 Å². The van der Waals surface area contributed by atoms with Gasteiger partial charge in [-0.05, 0) is 39.6 Å². The molecule has 4 rings (SSSR count). The predicted molar refractivity (Wildman–Crippen MR) is 99.4 cm³/mol. The molecule has 0 spiro atoms. The summed E-state index contributed by atoms with van der Waals surface area (Å²) in [4.78, 5) is 25.9. The summed E-state index contributed by atoms with van der Waals surface area (Å²) in [5.41, 5.74) is 4.02. The number of hydrogen-bond donors (Lipinski definition) is 0. The van der Waals surface area contributed by atoms with Gasteiger partial charge < -0.3 is 14.3 Å². The molecule has 2 aromatic heterocycles. The number of amides is 1. The fourth-order valence-corrected chi connectivity index (χ4v) is 3.40. The Morgan fingerprint density at radius 1 is 1.30 bits per heavy atom. The van der Waals surface area contributed by atoms with Gasteiger partial charge in [-0.1, -0.05) is 17.3 Å². The van der Waals surface area contributed by atoms with Crippen LogP contribution in [0.1, 0.15) is 34.4 Å². The maximum absolute atomic E-state index is 13.1. The standard InChI is InChI=1S/C19H22N6O2/c1-5-24-9-14-17(18-21-15(27-22-18)10-23(3)4)20-11-25(14)13-8-6-7-12(2)16(13)19(24)26/h6-8,11H,5,9-10H2,1-4H3. The monoisotopic (exact) mass is 366 g/mol. The average molecular weight is 366 g/mol. The van der Waals surface area contributed by atoms with Gasteiger partial charge in [0.2, 0.25) is 11.7 Å². The Balaban J connectivity index is 1.86. The van der Waals surface area contributed by atoms with Crippen LogP contribution in [0.15, 0.2) is 29.0 Å². The molecule has 0 aliphatic carbocycles. The van der Waals surface area contributed by atoms with E-state index >= 15 is 0 Å². The van der Waals surface area contributed by atoms with Crippen molar-refractivity contribution in [1.29, 1.82) is 0 Å². The van der Waals surface area contributed by atoms with E-state index in [1.54, 1.807) is 6.33 Å². The second-order valence-electron chi connectivity index (χ2n) is 6.95. The van der Waals surface area contributed by atoms with Crippen LogP contribution in [0.3, 0.4) is 0 Å². The number of nitrogens with zero attached hydrogens (tertiary/aromatic N) is 6. The summed E-state index contributed by atoms with van der Waals surface area (Å²) in [6.07, 6.45) is 1.73. The lowest BCUT2D eigenvalue weighted by atomic mass is 10.1. The van der Waals surface area contributed by atoms with E-state index in [-0.39, 0.29) is 5.91 Å². The molecule has 0 bridgehead atoms. The molecule has 0 atom stereocenters. The molecule has 3 aromatic rings. The van der Waals surface area contributed by atoms with Crippen molar-refractivity contribution >= 4 is 5.91 Å². The number of imidazole rings is 1. The van der Waals surface area contributed by atoms with Crippen molar-refractivity contribution < 1.29 is 9.32 Å². The molecule has 140 valence electrons. The third-order valence-electron chi connectivity index (χ3n) is 4.73. The Bertz CT molecular complexity index is 1000. The predicted octanol–water partition coefficient (Wildman–Crippen LogP) is 2.27. The summed E-state index contributed by atoms with van der Waals surface area (Å²) in [7, 11) is 3.88. The molecule has 1 aromatic carbocycles. The van der Waals surface area contributed by atoms with Crippen LogP contribution in [0.4, 0.5) is 0 Å². The lowest BCUT2D eigenvalue weighted by Crippen LogP contribution is -2.30. The molecule has 0 N–H and O–H groups in total. The smallest absolute Gasteiger partial charge is 0.256 e. The highest BCUT2D eigenvalue weighted by Gasteiger charge is 2.30. The lowest BCUT2D eigenvalue weighted by molar-refractivity contribution is 0.0755. The van der Waals surface area contributed by atoms with Gasteiger partial charge in [0.25, 0.3) is 5.91 Å². The van der Waals surface area contributed by atoms with E-state index in [2.05, 4.69) is 15.1 Å². The molecule has 3 heterocycles. The van der Waals surface area contributed by atoms with Crippen molar-refractivity contribution in [2.24, 2.45) is 0 Å². The number of carbonyl (C=O) groups excluding carboxylic acids is 1. The Labute approximate surface area is 157 Å². The third kappa shape index (κ3) is 2.91. The fourth-order valence-electron chi connectivity index (χ4n) is 3.40. The van der Waals surface area contributed by atoms with Gasteiger partial charge in [-0.3, -0.25) is 9.36 Å². The SMILES string of the molecule is CCN1Cc2c(-c3noc(CN(C)C)n3)ncn2-c2cccc(C)c2C1=O. The van der Waals surface area contributed by atoms with Crippen molar-refractivity contribution in [2.45, 2.75) is 26.9 Å². The summed E-state index contributed by atoms with van der Waals surface area (Å²) in [5, 5.41) is 4.10. The van der Waals surface area contributed by atoms with Crippen molar-refractivity contribution in [3.63, 3.8) is 0 Å². The number of aryl methyl sites for hydroxylation is 1. The Kier molecular flexibility index (Phi) is 4.27. The Morgan fingerprint density at radius 2 is 2.11 bits per heavy atom. The first-order valence-electron chi connectivity index (χ1n) is 8.92. The van der Waals surface area contributed by atoms with Gasteiger partial charge in [0.15, 0.2) is 0 Å². The first-order valence-corrected chi connectivity index (χ1v) is 8.92. The van der Waals surface area contributed by atoms with Gasteiger partial charge in [0.05, 0.1) is 30.0 Å². The van der Waals surface area contributed by atoms with Gasteiger partial charge >= 0.3 is 0 Å². The number of rotatable bonds is 4.